The summed E-state index contributed by atoms with van der Waals surface area (Å²) in [5, 5.41) is 16.7. The van der Waals surface area contributed by atoms with E-state index in [0.29, 0.717) is 27.7 Å². The van der Waals surface area contributed by atoms with E-state index in [0.717, 1.165) is 3.57 Å². The van der Waals surface area contributed by atoms with Crippen LogP contribution >= 0.6 is 22.6 Å². The molecule has 0 spiro atoms. The minimum atomic E-state index is -0.828. The Morgan fingerprint density at radius 3 is 2.85 bits per heavy atom. The Morgan fingerprint density at radius 2 is 2.15 bits per heavy atom. The third kappa shape index (κ3) is 4.50. The van der Waals surface area contributed by atoms with Crippen LogP contribution in [0.3, 0.4) is 0 Å². The first-order chi connectivity index (χ1) is 12.8. The van der Waals surface area contributed by atoms with Crippen LogP contribution in [0.25, 0.3) is 11.0 Å². The lowest BCUT2D eigenvalue weighted by Crippen LogP contribution is -2.31. The van der Waals surface area contributed by atoms with Crippen LogP contribution in [0.4, 0.5) is 4.39 Å². The predicted molar refractivity (Wildman–Crippen MR) is 107 cm³/mol. The molecule has 8 heteroatoms. The van der Waals surface area contributed by atoms with Crippen LogP contribution < -0.4 is 0 Å². The molecule has 6 nitrogen and oxygen atoms in total. The van der Waals surface area contributed by atoms with E-state index in [1.54, 1.807) is 26.1 Å². The number of Topliss-reactive ketones (excluding diaryl/α,β-unsaturated/α-hetero) is 1. The van der Waals surface area contributed by atoms with Crippen molar-refractivity contribution in [3.63, 3.8) is 0 Å². The predicted octanol–water partition coefficient (Wildman–Crippen LogP) is 3.26. The summed E-state index contributed by atoms with van der Waals surface area (Å²) in [5.74, 6) is -0.612. The smallest absolute Gasteiger partial charge is 0.190 e. The van der Waals surface area contributed by atoms with E-state index in [9.17, 15) is 14.3 Å². The molecule has 0 saturated heterocycles. The van der Waals surface area contributed by atoms with Gasteiger partial charge in [0.1, 0.15) is 12.4 Å². The number of hydrogen-bond acceptors (Lipinski definition) is 5. The van der Waals surface area contributed by atoms with Gasteiger partial charge in [0.25, 0.3) is 0 Å². The number of aliphatic hydroxyl groups excluding tert-OH is 1. The Kier molecular flexibility index (Phi) is 5.87. The van der Waals surface area contributed by atoms with Crippen molar-refractivity contribution in [2.45, 2.75) is 25.9 Å². The number of nitrogens with zero attached hydrogens (tertiary/aromatic N) is 2. The number of carbonyl (C=O) groups is 1. The number of ketones is 1. The third-order valence-electron chi connectivity index (χ3n) is 4.25. The fourth-order valence-corrected chi connectivity index (χ4v) is 3.07. The first-order valence-electron chi connectivity index (χ1n) is 8.33. The molecule has 0 atom stereocenters. The number of benzene rings is 1. The Bertz CT molecular complexity index is 987. The molecule has 0 fully saturated rings. The molecule has 0 bridgehead atoms. The standard InChI is InChI=1S/C19H19FIN3O3/c1-19(2,10-25)27-9-17(26)14-7-22-18-15(8-23-24-18)13(14)5-11-3-4-12(21)6-16(11)20/h3-4,6-8,25H,5,9-10H2,1-2H3,(H,22,23,24). The van der Waals surface area contributed by atoms with Crippen molar-refractivity contribution in [3.8, 4) is 0 Å². The second kappa shape index (κ2) is 7.99. The van der Waals surface area contributed by atoms with Crippen molar-refractivity contribution in [2.24, 2.45) is 0 Å². The van der Waals surface area contributed by atoms with Gasteiger partial charge >= 0.3 is 0 Å². The molecule has 2 N–H and O–H groups in total. The van der Waals surface area contributed by atoms with Crippen LogP contribution in [-0.4, -0.2) is 44.9 Å². The summed E-state index contributed by atoms with van der Waals surface area (Å²) in [6.07, 6.45) is 3.27. The van der Waals surface area contributed by atoms with Crippen LogP contribution in [0.1, 0.15) is 35.3 Å². The highest BCUT2D eigenvalue weighted by atomic mass is 127. The number of nitrogens with one attached hydrogen (secondary N) is 1. The lowest BCUT2D eigenvalue weighted by Gasteiger charge is -2.22. The number of pyridine rings is 1. The number of rotatable bonds is 7. The molecule has 0 radical (unpaired) electrons. The monoisotopic (exact) mass is 483 g/mol. The van der Waals surface area contributed by atoms with E-state index in [1.165, 1.54) is 12.3 Å². The zero-order valence-electron chi connectivity index (χ0n) is 14.9. The van der Waals surface area contributed by atoms with E-state index >= 15 is 0 Å². The molecule has 0 aliphatic heterocycles. The van der Waals surface area contributed by atoms with Crippen molar-refractivity contribution in [2.75, 3.05) is 13.2 Å². The average Bonchev–Trinajstić information content (AvgIpc) is 3.11. The lowest BCUT2D eigenvalue weighted by atomic mass is 9.96. The van der Waals surface area contributed by atoms with Crippen molar-refractivity contribution < 1.29 is 19.0 Å². The Hall–Kier alpha value is -1.91. The first kappa shape index (κ1) is 19.8. The van der Waals surface area contributed by atoms with Crippen molar-refractivity contribution in [3.05, 3.63) is 56.7 Å². The number of fused-ring (bicyclic) bond motifs is 1. The zero-order valence-corrected chi connectivity index (χ0v) is 17.1. The summed E-state index contributed by atoms with van der Waals surface area (Å²) in [4.78, 5) is 17.0. The molecule has 0 amide bonds. The molecular weight excluding hydrogens is 464 g/mol. The number of carbonyl (C=O) groups excluding carboxylic acids is 1. The summed E-state index contributed by atoms with van der Waals surface area (Å²) in [6, 6.07) is 4.99. The number of hydrogen-bond donors (Lipinski definition) is 2. The maximum absolute atomic E-state index is 14.4. The highest BCUT2D eigenvalue weighted by Gasteiger charge is 2.22. The minimum absolute atomic E-state index is 0.208. The van der Waals surface area contributed by atoms with E-state index < -0.39 is 5.60 Å². The number of ether oxygens (including phenoxy) is 1. The van der Waals surface area contributed by atoms with Crippen molar-refractivity contribution >= 4 is 39.4 Å². The molecule has 0 aliphatic rings. The van der Waals surface area contributed by atoms with E-state index in [4.69, 9.17) is 4.74 Å². The minimum Gasteiger partial charge on any atom is -0.393 e. The van der Waals surface area contributed by atoms with Gasteiger partial charge in [0.2, 0.25) is 0 Å². The topological polar surface area (TPSA) is 88.1 Å². The van der Waals surface area contributed by atoms with Gasteiger partial charge in [0.05, 0.1) is 18.4 Å². The molecule has 0 unspecified atom stereocenters. The fourth-order valence-electron chi connectivity index (χ4n) is 2.62. The summed E-state index contributed by atoms with van der Waals surface area (Å²) in [5.41, 5.74) is 1.18. The van der Waals surface area contributed by atoms with Gasteiger partial charge in [-0.2, -0.15) is 5.10 Å². The fraction of sp³-hybridized carbons (Fsp3) is 0.316. The number of aliphatic hydroxyl groups is 1. The third-order valence-corrected chi connectivity index (χ3v) is 4.92. The summed E-state index contributed by atoms with van der Waals surface area (Å²) >= 11 is 2.05. The second-order valence-corrected chi connectivity index (χ2v) is 8.07. The largest absolute Gasteiger partial charge is 0.393 e. The van der Waals surface area contributed by atoms with E-state index in [2.05, 4.69) is 15.2 Å². The van der Waals surface area contributed by atoms with Gasteiger partial charge in [-0.05, 0) is 59.7 Å². The van der Waals surface area contributed by atoms with Crippen LogP contribution in [-0.2, 0) is 11.2 Å². The van der Waals surface area contributed by atoms with E-state index in [-0.39, 0.29) is 31.2 Å². The van der Waals surface area contributed by atoms with E-state index in [1.807, 2.05) is 28.7 Å². The number of halogens is 2. The van der Waals surface area contributed by atoms with Gasteiger partial charge in [-0.25, -0.2) is 9.37 Å². The number of aromatic nitrogens is 3. The Morgan fingerprint density at radius 1 is 1.37 bits per heavy atom. The summed E-state index contributed by atoms with van der Waals surface area (Å²) in [7, 11) is 0. The molecular formula is C19H19FIN3O3. The molecule has 27 heavy (non-hydrogen) atoms. The number of H-pyrrole nitrogens is 1. The van der Waals surface area contributed by atoms with Crippen LogP contribution in [0.15, 0.2) is 30.6 Å². The SMILES string of the molecule is CC(C)(CO)OCC(=O)c1cnc2[nH]ncc2c1Cc1ccc(I)cc1F. The van der Waals surface area contributed by atoms with Gasteiger partial charge in [-0.1, -0.05) is 6.07 Å². The maximum atomic E-state index is 14.4. The molecule has 2 aromatic heterocycles. The van der Waals surface area contributed by atoms with Gasteiger partial charge in [-0.15, -0.1) is 0 Å². The zero-order chi connectivity index (χ0) is 19.6. The second-order valence-electron chi connectivity index (χ2n) is 6.82. The highest BCUT2D eigenvalue weighted by Crippen LogP contribution is 2.25. The molecule has 142 valence electrons. The molecule has 3 rings (SSSR count). The summed E-state index contributed by atoms with van der Waals surface area (Å²) < 4.78 is 20.7. The molecule has 3 aromatic rings. The van der Waals surface area contributed by atoms with Gasteiger partial charge in [0, 0.05) is 27.1 Å². The summed E-state index contributed by atoms with van der Waals surface area (Å²) in [6.45, 7) is 2.97. The molecule has 2 heterocycles. The average molecular weight is 483 g/mol. The highest BCUT2D eigenvalue weighted by molar-refractivity contribution is 14.1. The molecule has 0 saturated carbocycles. The molecule has 0 aliphatic carbocycles. The van der Waals surface area contributed by atoms with Crippen molar-refractivity contribution in [1.82, 2.24) is 15.2 Å². The number of aromatic amines is 1. The molecule has 1 aromatic carbocycles. The van der Waals surface area contributed by atoms with Crippen LogP contribution in [0, 0.1) is 9.39 Å². The Balaban J connectivity index is 1.98. The van der Waals surface area contributed by atoms with Gasteiger partial charge < -0.3 is 9.84 Å². The van der Waals surface area contributed by atoms with Crippen LogP contribution in [0.5, 0.6) is 0 Å². The lowest BCUT2D eigenvalue weighted by molar-refractivity contribution is -0.0447. The Labute approximate surface area is 169 Å². The maximum Gasteiger partial charge on any atom is 0.190 e. The first-order valence-corrected chi connectivity index (χ1v) is 9.41. The van der Waals surface area contributed by atoms with Gasteiger partial charge in [0.15, 0.2) is 11.4 Å². The quantitative estimate of drug-likeness (QED) is 0.398. The normalized spacial score (nSPS) is 11.9. The van der Waals surface area contributed by atoms with Crippen molar-refractivity contribution in [1.29, 1.82) is 0 Å². The van der Waals surface area contributed by atoms with Crippen LogP contribution in [0.2, 0.25) is 0 Å². The van der Waals surface area contributed by atoms with Gasteiger partial charge in [-0.3, -0.25) is 9.89 Å².